The van der Waals surface area contributed by atoms with E-state index < -0.39 is 11.4 Å². The minimum atomic E-state index is -0.692. The van der Waals surface area contributed by atoms with Crippen molar-refractivity contribution in [2.75, 3.05) is 44.3 Å². The zero-order valence-electron chi connectivity index (χ0n) is 14.7. The first kappa shape index (κ1) is 16.7. The molecule has 0 spiro atoms. The van der Waals surface area contributed by atoms with E-state index in [1.165, 1.54) is 0 Å². The van der Waals surface area contributed by atoms with E-state index in [0.29, 0.717) is 25.1 Å². The fourth-order valence-electron chi connectivity index (χ4n) is 4.65. The monoisotopic (exact) mass is 346 g/mol. The van der Waals surface area contributed by atoms with Crippen LogP contribution in [-0.4, -0.2) is 71.4 Å². The fraction of sp³-hybridized carbons (Fsp3) is 0.722. The molecule has 3 aliphatic heterocycles. The summed E-state index contributed by atoms with van der Waals surface area (Å²) >= 11 is 0. The summed E-state index contributed by atoms with van der Waals surface area (Å²) in [6.07, 6.45) is 6.29. The summed E-state index contributed by atoms with van der Waals surface area (Å²) in [4.78, 5) is 25.6. The van der Waals surface area contributed by atoms with Crippen molar-refractivity contribution in [1.82, 2.24) is 14.9 Å². The Bertz CT molecular complexity index is 632. The van der Waals surface area contributed by atoms with Crippen molar-refractivity contribution in [3.8, 4) is 0 Å². The SMILES string of the molecule is Cc1cnc(N2C[C@@H]3CN(C4CCOC4)CCC[C@]3(C(=O)O)C2)nc1. The molecule has 3 atom stereocenters. The molecule has 0 amide bonds. The summed E-state index contributed by atoms with van der Waals surface area (Å²) in [5.41, 5.74) is 0.320. The van der Waals surface area contributed by atoms with E-state index in [2.05, 4.69) is 19.8 Å². The van der Waals surface area contributed by atoms with Crippen molar-refractivity contribution in [1.29, 1.82) is 0 Å². The Hall–Kier alpha value is -1.73. The molecule has 136 valence electrons. The summed E-state index contributed by atoms with van der Waals surface area (Å²) in [5.74, 6) is 0.0738. The molecular weight excluding hydrogens is 320 g/mol. The van der Waals surface area contributed by atoms with Crippen LogP contribution in [0.25, 0.3) is 0 Å². The molecule has 1 N–H and O–H groups in total. The molecule has 0 radical (unpaired) electrons. The van der Waals surface area contributed by atoms with E-state index in [1.54, 1.807) is 12.4 Å². The Kier molecular flexibility index (Phi) is 4.37. The first-order chi connectivity index (χ1) is 12.1. The van der Waals surface area contributed by atoms with Gasteiger partial charge in [0, 0.05) is 50.6 Å². The van der Waals surface area contributed by atoms with Gasteiger partial charge in [0.05, 0.1) is 12.0 Å². The van der Waals surface area contributed by atoms with E-state index in [-0.39, 0.29) is 5.92 Å². The third-order valence-corrected chi connectivity index (χ3v) is 6.12. The van der Waals surface area contributed by atoms with E-state index in [9.17, 15) is 9.90 Å². The number of aryl methyl sites for hydroxylation is 1. The van der Waals surface area contributed by atoms with Crippen LogP contribution in [0.15, 0.2) is 12.4 Å². The van der Waals surface area contributed by atoms with Gasteiger partial charge in [-0.05, 0) is 38.3 Å². The minimum Gasteiger partial charge on any atom is -0.481 e. The van der Waals surface area contributed by atoms with Crippen LogP contribution in [-0.2, 0) is 9.53 Å². The van der Waals surface area contributed by atoms with Crippen LogP contribution in [0.4, 0.5) is 5.95 Å². The zero-order chi connectivity index (χ0) is 17.4. The molecule has 25 heavy (non-hydrogen) atoms. The zero-order valence-corrected chi connectivity index (χ0v) is 14.7. The van der Waals surface area contributed by atoms with E-state index in [4.69, 9.17) is 4.74 Å². The third kappa shape index (κ3) is 3.00. The van der Waals surface area contributed by atoms with Crippen molar-refractivity contribution in [2.45, 2.75) is 32.2 Å². The normalized spacial score (nSPS) is 33.2. The lowest BCUT2D eigenvalue weighted by molar-refractivity contribution is -0.150. The van der Waals surface area contributed by atoms with Gasteiger partial charge in [0.15, 0.2) is 0 Å². The van der Waals surface area contributed by atoms with E-state index in [0.717, 1.165) is 51.1 Å². The molecule has 3 fully saturated rings. The number of nitrogens with zero attached hydrogens (tertiary/aromatic N) is 4. The molecule has 0 aromatic carbocycles. The summed E-state index contributed by atoms with van der Waals surface area (Å²) in [6.45, 7) is 6.56. The Balaban J connectivity index is 1.58. The summed E-state index contributed by atoms with van der Waals surface area (Å²) in [7, 11) is 0. The van der Waals surface area contributed by atoms with Gasteiger partial charge in [0.2, 0.25) is 5.95 Å². The Morgan fingerprint density at radius 3 is 2.84 bits per heavy atom. The molecule has 7 nitrogen and oxygen atoms in total. The predicted octanol–water partition coefficient (Wildman–Crippen LogP) is 1.18. The van der Waals surface area contributed by atoms with Crippen LogP contribution in [0.5, 0.6) is 0 Å². The topological polar surface area (TPSA) is 78.8 Å². The second kappa shape index (κ2) is 6.53. The summed E-state index contributed by atoms with van der Waals surface area (Å²) in [6, 6.07) is 0.439. The molecule has 3 saturated heterocycles. The standard InChI is InChI=1S/C18H26N4O3/c1-13-7-19-17(20-8-13)22-10-14-9-21(15-3-6-25-11-15)5-2-4-18(14,12-22)16(23)24/h7-8,14-15H,2-6,9-12H2,1H3,(H,23,24)/t14-,15?,18-/m0/s1. The first-order valence-corrected chi connectivity index (χ1v) is 9.17. The number of carboxylic acid groups (broad SMARTS) is 1. The molecule has 1 aromatic heterocycles. The second-order valence-electron chi connectivity index (χ2n) is 7.72. The highest BCUT2D eigenvalue weighted by atomic mass is 16.5. The van der Waals surface area contributed by atoms with Gasteiger partial charge in [-0.15, -0.1) is 0 Å². The highest BCUT2D eigenvalue weighted by Gasteiger charge is 2.54. The van der Waals surface area contributed by atoms with Gasteiger partial charge >= 0.3 is 5.97 Å². The summed E-state index contributed by atoms with van der Waals surface area (Å²) < 4.78 is 5.55. The number of aliphatic carboxylic acids is 1. The van der Waals surface area contributed by atoms with Crippen LogP contribution in [0.3, 0.4) is 0 Å². The second-order valence-corrected chi connectivity index (χ2v) is 7.72. The maximum Gasteiger partial charge on any atom is 0.311 e. The first-order valence-electron chi connectivity index (χ1n) is 9.17. The van der Waals surface area contributed by atoms with Gasteiger partial charge in [-0.3, -0.25) is 9.69 Å². The molecule has 0 bridgehead atoms. The van der Waals surface area contributed by atoms with Crippen molar-refractivity contribution in [2.24, 2.45) is 11.3 Å². The number of carboxylic acids is 1. The van der Waals surface area contributed by atoms with Crippen LogP contribution >= 0.6 is 0 Å². The van der Waals surface area contributed by atoms with E-state index >= 15 is 0 Å². The third-order valence-electron chi connectivity index (χ3n) is 6.12. The fourth-order valence-corrected chi connectivity index (χ4v) is 4.65. The average molecular weight is 346 g/mol. The van der Waals surface area contributed by atoms with Crippen LogP contribution in [0.1, 0.15) is 24.8 Å². The van der Waals surface area contributed by atoms with Crippen LogP contribution < -0.4 is 4.90 Å². The highest BCUT2D eigenvalue weighted by Crippen LogP contribution is 2.44. The van der Waals surface area contributed by atoms with Crippen LogP contribution in [0.2, 0.25) is 0 Å². The van der Waals surface area contributed by atoms with Crippen molar-refractivity contribution < 1.29 is 14.6 Å². The molecule has 1 aromatic rings. The maximum absolute atomic E-state index is 12.3. The molecule has 7 heteroatoms. The number of hydrogen-bond acceptors (Lipinski definition) is 6. The lowest BCUT2D eigenvalue weighted by atomic mass is 9.75. The molecule has 0 aliphatic carbocycles. The Morgan fingerprint density at radius 1 is 1.36 bits per heavy atom. The quantitative estimate of drug-likeness (QED) is 0.880. The number of likely N-dealkylation sites (tertiary alicyclic amines) is 1. The number of aromatic nitrogens is 2. The molecular formula is C18H26N4O3. The molecule has 3 aliphatic rings. The molecule has 1 unspecified atom stereocenters. The molecule has 4 heterocycles. The summed E-state index contributed by atoms with van der Waals surface area (Å²) in [5, 5.41) is 10.1. The van der Waals surface area contributed by atoms with E-state index in [1.807, 2.05) is 6.92 Å². The number of fused-ring (bicyclic) bond motifs is 1. The average Bonchev–Trinajstić information content (AvgIpc) is 3.21. The minimum absolute atomic E-state index is 0.0954. The number of carbonyl (C=O) groups is 1. The van der Waals surface area contributed by atoms with Crippen LogP contribution in [0, 0.1) is 18.3 Å². The van der Waals surface area contributed by atoms with Crippen molar-refractivity contribution in [3.63, 3.8) is 0 Å². The lowest BCUT2D eigenvalue weighted by Gasteiger charge is -2.31. The lowest BCUT2D eigenvalue weighted by Crippen LogP contribution is -2.44. The van der Waals surface area contributed by atoms with Gasteiger partial charge in [-0.2, -0.15) is 0 Å². The van der Waals surface area contributed by atoms with Crippen molar-refractivity contribution >= 4 is 11.9 Å². The number of ether oxygens (including phenoxy) is 1. The largest absolute Gasteiger partial charge is 0.481 e. The Morgan fingerprint density at radius 2 is 2.16 bits per heavy atom. The van der Waals surface area contributed by atoms with Gasteiger partial charge in [-0.1, -0.05) is 0 Å². The molecule has 0 saturated carbocycles. The number of hydrogen-bond donors (Lipinski definition) is 1. The predicted molar refractivity (Wildman–Crippen MR) is 92.6 cm³/mol. The molecule has 4 rings (SSSR count). The highest BCUT2D eigenvalue weighted by molar-refractivity contribution is 5.77. The number of anilines is 1. The maximum atomic E-state index is 12.3. The van der Waals surface area contributed by atoms with Gasteiger partial charge < -0.3 is 14.7 Å². The van der Waals surface area contributed by atoms with Crippen molar-refractivity contribution in [3.05, 3.63) is 18.0 Å². The Labute approximate surface area is 148 Å². The number of rotatable bonds is 3. The van der Waals surface area contributed by atoms with Gasteiger partial charge in [0.25, 0.3) is 0 Å². The smallest absolute Gasteiger partial charge is 0.311 e. The van der Waals surface area contributed by atoms with Gasteiger partial charge in [0.1, 0.15) is 0 Å². The van der Waals surface area contributed by atoms with Gasteiger partial charge in [-0.25, -0.2) is 9.97 Å².